The Morgan fingerprint density at radius 2 is 2.05 bits per heavy atom. The number of nitrogens with one attached hydrogen (secondary N) is 1. The average Bonchev–Trinajstić information content (AvgIpc) is 2.86. The van der Waals surface area contributed by atoms with Gasteiger partial charge in [0.15, 0.2) is 0 Å². The second-order valence-electron chi connectivity index (χ2n) is 5.47. The van der Waals surface area contributed by atoms with E-state index in [9.17, 15) is 13.2 Å². The first kappa shape index (κ1) is 16.2. The normalized spacial score (nSPS) is 17.8. The zero-order chi connectivity index (χ0) is 15.5. The summed E-state index contributed by atoms with van der Waals surface area (Å²) in [6.07, 6.45) is -2.15. The Bertz CT molecular complexity index is 457. The van der Waals surface area contributed by atoms with E-state index in [1.165, 1.54) is 4.57 Å². The fraction of sp³-hybridized carbons (Fsp3) is 0.846. The van der Waals surface area contributed by atoms with E-state index < -0.39 is 12.0 Å². The number of hydrogen-bond donors (Lipinski definition) is 1. The first-order chi connectivity index (χ1) is 9.93. The standard InChI is InChI=1S/C13H22F3N5/c1-3-4-5-17-8-10(2)20-6-7-21-11(9-20)18-19-12(21)13(14,15)16/h10,17H,3-9H2,1-2H3. The summed E-state index contributed by atoms with van der Waals surface area (Å²) in [4.78, 5) is 2.14. The molecule has 1 aliphatic heterocycles. The maximum atomic E-state index is 12.8. The summed E-state index contributed by atoms with van der Waals surface area (Å²) in [7, 11) is 0. The number of nitrogens with zero attached hydrogens (tertiary/aromatic N) is 4. The van der Waals surface area contributed by atoms with Gasteiger partial charge in [-0.2, -0.15) is 13.2 Å². The molecule has 2 rings (SSSR count). The van der Waals surface area contributed by atoms with Crippen molar-refractivity contribution in [1.29, 1.82) is 0 Å². The van der Waals surface area contributed by atoms with Crippen molar-refractivity contribution in [3.05, 3.63) is 11.6 Å². The quantitative estimate of drug-likeness (QED) is 0.815. The van der Waals surface area contributed by atoms with E-state index >= 15 is 0 Å². The van der Waals surface area contributed by atoms with E-state index in [2.05, 4.69) is 34.3 Å². The average molecular weight is 305 g/mol. The van der Waals surface area contributed by atoms with Crippen molar-refractivity contribution < 1.29 is 13.2 Å². The van der Waals surface area contributed by atoms with E-state index in [0.717, 1.165) is 25.9 Å². The van der Waals surface area contributed by atoms with Crippen LogP contribution in [0.2, 0.25) is 0 Å². The van der Waals surface area contributed by atoms with Crippen LogP contribution in [0, 0.1) is 0 Å². The van der Waals surface area contributed by atoms with Gasteiger partial charge >= 0.3 is 6.18 Å². The highest BCUT2D eigenvalue weighted by Crippen LogP contribution is 2.29. The van der Waals surface area contributed by atoms with Gasteiger partial charge in [-0.15, -0.1) is 10.2 Å². The highest BCUT2D eigenvalue weighted by atomic mass is 19.4. The molecule has 1 unspecified atom stereocenters. The number of aromatic nitrogens is 3. The summed E-state index contributed by atoms with van der Waals surface area (Å²) in [5.41, 5.74) is 0. The molecule has 2 heterocycles. The third kappa shape index (κ3) is 3.94. The van der Waals surface area contributed by atoms with Crippen molar-refractivity contribution in [2.24, 2.45) is 0 Å². The second-order valence-corrected chi connectivity index (χ2v) is 5.47. The summed E-state index contributed by atoms with van der Waals surface area (Å²) in [5.74, 6) is -0.486. The van der Waals surface area contributed by atoms with E-state index in [0.29, 0.717) is 18.9 Å². The van der Waals surface area contributed by atoms with Crippen LogP contribution >= 0.6 is 0 Å². The summed E-state index contributed by atoms with van der Waals surface area (Å²) in [6, 6.07) is 0.265. The molecule has 120 valence electrons. The Balaban J connectivity index is 1.92. The lowest BCUT2D eigenvalue weighted by atomic mass is 10.2. The van der Waals surface area contributed by atoms with E-state index in [4.69, 9.17) is 0 Å². The first-order valence-corrected chi connectivity index (χ1v) is 7.37. The van der Waals surface area contributed by atoms with Crippen LogP contribution in [0.3, 0.4) is 0 Å². The SMILES string of the molecule is CCCCNCC(C)N1CCn2c(nnc2C(F)(F)F)C1. The number of alkyl halides is 3. The Morgan fingerprint density at radius 3 is 2.71 bits per heavy atom. The van der Waals surface area contributed by atoms with Crippen molar-refractivity contribution in [2.75, 3.05) is 19.6 Å². The Morgan fingerprint density at radius 1 is 1.29 bits per heavy atom. The zero-order valence-corrected chi connectivity index (χ0v) is 12.4. The Labute approximate surface area is 122 Å². The van der Waals surface area contributed by atoms with Gasteiger partial charge in [-0.1, -0.05) is 13.3 Å². The van der Waals surface area contributed by atoms with Crippen LogP contribution in [-0.4, -0.2) is 45.3 Å². The monoisotopic (exact) mass is 305 g/mol. The van der Waals surface area contributed by atoms with Gasteiger partial charge in [-0.3, -0.25) is 4.90 Å². The number of rotatable bonds is 6. The van der Waals surface area contributed by atoms with Crippen LogP contribution in [-0.2, 0) is 19.3 Å². The second kappa shape index (κ2) is 6.74. The molecule has 0 bridgehead atoms. The van der Waals surface area contributed by atoms with Crippen molar-refractivity contribution >= 4 is 0 Å². The molecule has 0 saturated heterocycles. The maximum absolute atomic E-state index is 12.8. The number of unbranched alkanes of at least 4 members (excludes halogenated alkanes) is 1. The van der Waals surface area contributed by atoms with E-state index in [1.807, 2.05) is 0 Å². The van der Waals surface area contributed by atoms with Crippen molar-refractivity contribution in [3.8, 4) is 0 Å². The lowest BCUT2D eigenvalue weighted by Gasteiger charge is -2.33. The molecule has 1 N–H and O–H groups in total. The molecule has 1 atom stereocenters. The highest BCUT2D eigenvalue weighted by Gasteiger charge is 2.39. The smallest absolute Gasteiger partial charge is 0.315 e. The molecular formula is C13H22F3N5. The van der Waals surface area contributed by atoms with Crippen LogP contribution < -0.4 is 5.32 Å². The molecule has 0 aliphatic carbocycles. The summed E-state index contributed by atoms with van der Waals surface area (Å²) in [6.45, 7) is 7.32. The van der Waals surface area contributed by atoms with Crippen LogP contribution in [0.5, 0.6) is 0 Å². The Hall–Kier alpha value is -1.15. The molecule has 0 saturated carbocycles. The van der Waals surface area contributed by atoms with Crippen LogP contribution in [0.25, 0.3) is 0 Å². The number of fused-ring (bicyclic) bond motifs is 1. The van der Waals surface area contributed by atoms with Gasteiger partial charge in [-0.05, 0) is 19.9 Å². The minimum absolute atomic E-state index is 0.265. The number of halogens is 3. The maximum Gasteiger partial charge on any atom is 0.451 e. The van der Waals surface area contributed by atoms with Gasteiger partial charge in [0.1, 0.15) is 5.82 Å². The molecule has 1 aliphatic rings. The predicted molar refractivity (Wildman–Crippen MR) is 72.7 cm³/mol. The zero-order valence-electron chi connectivity index (χ0n) is 12.4. The molecule has 0 aromatic carbocycles. The summed E-state index contributed by atoms with van der Waals surface area (Å²) in [5, 5.41) is 10.4. The van der Waals surface area contributed by atoms with Crippen LogP contribution in [0.4, 0.5) is 13.2 Å². The van der Waals surface area contributed by atoms with Crippen LogP contribution in [0.15, 0.2) is 0 Å². The van der Waals surface area contributed by atoms with Gasteiger partial charge in [0.25, 0.3) is 0 Å². The van der Waals surface area contributed by atoms with Gasteiger partial charge in [0.2, 0.25) is 5.82 Å². The Kier molecular flexibility index (Phi) is 5.21. The molecule has 5 nitrogen and oxygen atoms in total. The van der Waals surface area contributed by atoms with Crippen molar-refractivity contribution in [2.45, 2.75) is 52.0 Å². The number of hydrogen-bond acceptors (Lipinski definition) is 4. The van der Waals surface area contributed by atoms with Gasteiger partial charge in [0, 0.05) is 25.7 Å². The fourth-order valence-electron chi connectivity index (χ4n) is 2.50. The van der Waals surface area contributed by atoms with Gasteiger partial charge < -0.3 is 9.88 Å². The van der Waals surface area contributed by atoms with Gasteiger partial charge in [-0.25, -0.2) is 0 Å². The molecule has 1 aromatic rings. The molecule has 8 heteroatoms. The van der Waals surface area contributed by atoms with E-state index in [-0.39, 0.29) is 12.6 Å². The minimum Gasteiger partial charge on any atom is -0.315 e. The molecular weight excluding hydrogens is 283 g/mol. The molecule has 0 amide bonds. The van der Waals surface area contributed by atoms with Gasteiger partial charge in [0.05, 0.1) is 6.54 Å². The summed E-state index contributed by atoms with van der Waals surface area (Å²) >= 11 is 0. The molecule has 0 radical (unpaired) electrons. The molecule has 0 spiro atoms. The third-order valence-corrected chi connectivity index (χ3v) is 3.81. The van der Waals surface area contributed by atoms with Crippen molar-refractivity contribution in [1.82, 2.24) is 25.0 Å². The third-order valence-electron chi connectivity index (χ3n) is 3.81. The van der Waals surface area contributed by atoms with Crippen LogP contribution in [0.1, 0.15) is 38.3 Å². The fourth-order valence-corrected chi connectivity index (χ4v) is 2.50. The highest BCUT2D eigenvalue weighted by molar-refractivity contribution is 5.02. The lowest BCUT2D eigenvalue weighted by molar-refractivity contribution is -0.148. The molecule has 1 aromatic heterocycles. The lowest BCUT2D eigenvalue weighted by Crippen LogP contribution is -2.45. The topological polar surface area (TPSA) is 46.0 Å². The largest absolute Gasteiger partial charge is 0.451 e. The minimum atomic E-state index is -4.43. The molecule has 0 fully saturated rings. The first-order valence-electron chi connectivity index (χ1n) is 7.37. The molecule has 21 heavy (non-hydrogen) atoms. The summed E-state index contributed by atoms with van der Waals surface area (Å²) < 4.78 is 39.5. The van der Waals surface area contributed by atoms with E-state index in [1.54, 1.807) is 0 Å². The van der Waals surface area contributed by atoms with Crippen molar-refractivity contribution in [3.63, 3.8) is 0 Å². The predicted octanol–water partition coefficient (Wildman–Crippen LogP) is 1.89.